The van der Waals surface area contributed by atoms with E-state index in [9.17, 15) is 14.5 Å². The number of hydrogen-bond acceptors (Lipinski definition) is 4. The average Bonchev–Trinajstić information content (AvgIpc) is 2.36. The zero-order valence-corrected chi connectivity index (χ0v) is 12.1. The summed E-state index contributed by atoms with van der Waals surface area (Å²) in [5, 5.41) is 14.1. The van der Waals surface area contributed by atoms with Crippen LogP contribution in [0.3, 0.4) is 0 Å². The summed E-state index contributed by atoms with van der Waals surface area (Å²) in [6.07, 6.45) is 1.49. The third kappa shape index (κ3) is 3.34. The summed E-state index contributed by atoms with van der Waals surface area (Å²) in [5.41, 5.74) is 3.14. The fourth-order valence-electron chi connectivity index (χ4n) is 2.25. The lowest BCUT2D eigenvalue weighted by Crippen LogP contribution is -2.07. The van der Waals surface area contributed by atoms with Crippen molar-refractivity contribution in [1.82, 2.24) is 4.98 Å². The van der Waals surface area contributed by atoms with Crippen molar-refractivity contribution in [1.29, 1.82) is 0 Å². The first-order valence-electron chi connectivity index (χ1n) is 6.49. The zero-order valence-electron chi connectivity index (χ0n) is 12.1. The number of halogens is 1. The molecule has 1 heterocycles. The molecule has 0 aliphatic rings. The van der Waals surface area contributed by atoms with Gasteiger partial charge in [0.2, 0.25) is 0 Å². The van der Waals surface area contributed by atoms with Gasteiger partial charge in [0.05, 0.1) is 22.7 Å². The van der Waals surface area contributed by atoms with E-state index in [-0.39, 0.29) is 11.5 Å². The van der Waals surface area contributed by atoms with Crippen LogP contribution in [0.15, 0.2) is 24.4 Å². The highest BCUT2D eigenvalue weighted by Gasteiger charge is 2.18. The highest BCUT2D eigenvalue weighted by molar-refractivity contribution is 5.50. The number of hydrogen-bond donors (Lipinski definition) is 1. The standard InChI is InChI=1S/C15H16FN3O2/c1-9-4-12(16)6-13(5-9)17-8-14-11(3)15(19(20)21)10(2)7-18-14/h4-7,17H,8H2,1-3H3. The van der Waals surface area contributed by atoms with Crippen LogP contribution in [0.2, 0.25) is 0 Å². The van der Waals surface area contributed by atoms with Crippen molar-refractivity contribution in [2.45, 2.75) is 27.3 Å². The van der Waals surface area contributed by atoms with Crippen LogP contribution in [0.4, 0.5) is 15.8 Å². The molecule has 5 nitrogen and oxygen atoms in total. The maximum Gasteiger partial charge on any atom is 0.278 e. The van der Waals surface area contributed by atoms with Crippen molar-refractivity contribution in [2.75, 3.05) is 5.32 Å². The Morgan fingerprint density at radius 3 is 2.62 bits per heavy atom. The van der Waals surface area contributed by atoms with E-state index < -0.39 is 4.92 Å². The predicted octanol–water partition coefficient (Wildman–Crippen LogP) is 3.67. The van der Waals surface area contributed by atoms with E-state index in [2.05, 4.69) is 10.3 Å². The minimum atomic E-state index is -0.401. The molecule has 1 aromatic carbocycles. The van der Waals surface area contributed by atoms with Crippen LogP contribution in [-0.4, -0.2) is 9.91 Å². The Morgan fingerprint density at radius 1 is 1.29 bits per heavy atom. The molecule has 21 heavy (non-hydrogen) atoms. The Labute approximate surface area is 122 Å². The van der Waals surface area contributed by atoms with Gasteiger partial charge < -0.3 is 5.32 Å². The molecule has 1 aromatic heterocycles. The lowest BCUT2D eigenvalue weighted by atomic mass is 10.1. The maximum atomic E-state index is 13.3. The molecule has 0 bridgehead atoms. The van der Waals surface area contributed by atoms with E-state index in [4.69, 9.17) is 0 Å². The fraction of sp³-hybridized carbons (Fsp3) is 0.267. The largest absolute Gasteiger partial charge is 0.379 e. The molecule has 0 spiro atoms. The van der Waals surface area contributed by atoms with Gasteiger partial charge in [0.15, 0.2) is 0 Å². The Morgan fingerprint density at radius 2 is 2.00 bits per heavy atom. The van der Waals surface area contributed by atoms with E-state index in [1.807, 2.05) is 0 Å². The normalized spacial score (nSPS) is 10.5. The highest BCUT2D eigenvalue weighted by Crippen LogP contribution is 2.24. The highest BCUT2D eigenvalue weighted by atomic mass is 19.1. The van der Waals surface area contributed by atoms with Gasteiger partial charge in [0, 0.05) is 17.4 Å². The summed E-state index contributed by atoms with van der Waals surface area (Å²) in [7, 11) is 0. The number of nitro groups is 1. The van der Waals surface area contributed by atoms with Crippen molar-refractivity contribution >= 4 is 11.4 Å². The smallest absolute Gasteiger partial charge is 0.278 e. The van der Waals surface area contributed by atoms with Gasteiger partial charge in [-0.3, -0.25) is 15.1 Å². The quantitative estimate of drug-likeness (QED) is 0.689. The van der Waals surface area contributed by atoms with Crippen molar-refractivity contribution in [3.8, 4) is 0 Å². The SMILES string of the molecule is Cc1cc(F)cc(NCc2ncc(C)c([N+](=O)[O-])c2C)c1. The second-order valence-electron chi connectivity index (χ2n) is 4.99. The lowest BCUT2D eigenvalue weighted by Gasteiger charge is -2.10. The Bertz CT molecular complexity index is 681. The Kier molecular flexibility index (Phi) is 4.16. The number of rotatable bonds is 4. The topological polar surface area (TPSA) is 68.1 Å². The lowest BCUT2D eigenvalue weighted by molar-refractivity contribution is -0.386. The van der Waals surface area contributed by atoms with Crippen molar-refractivity contribution in [3.63, 3.8) is 0 Å². The molecule has 6 heteroatoms. The zero-order chi connectivity index (χ0) is 15.6. The molecular weight excluding hydrogens is 273 g/mol. The Hall–Kier alpha value is -2.50. The summed E-state index contributed by atoms with van der Waals surface area (Å²) in [6.45, 7) is 5.43. The van der Waals surface area contributed by atoms with E-state index in [0.717, 1.165) is 5.56 Å². The number of nitrogens with one attached hydrogen (secondary N) is 1. The first kappa shape index (κ1) is 14.9. The van der Waals surface area contributed by atoms with E-state index in [1.165, 1.54) is 18.3 Å². The Balaban J connectivity index is 2.24. The molecule has 2 aromatic rings. The minimum Gasteiger partial charge on any atom is -0.379 e. The minimum absolute atomic E-state index is 0.0808. The van der Waals surface area contributed by atoms with Crippen molar-refractivity contribution in [3.05, 3.63) is 62.7 Å². The molecule has 0 saturated heterocycles. The van der Waals surface area contributed by atoms with Crippen LogP contribution in [0.25, 0.3) is 0 Å². The number of nitrogens with zero attached hydrogens (tertiary/aromatic N) is 2. The van der Waals surface area contributed by atoms with Gasteiger partial charge in [-0.2, -0.15) is 0 Å². The second-order valence-corrected chi connectivity index (χ2v) is 4.99. The van der Waals surface area contributed by atoms with Gasteiger partial charge in [-0.15, -0.1) is 0 Å². The number of aromatic nitrogens is 1. The monoisotopic (exact) mass is 289 g/mol. The molecule has 0 fully saturated rings. The molecule has 0 atom stereocenters. The summed E-state index contributed by atoms with van der Waals surface area (Å²) >= 11 is 0. The molecule has 0 aliphatic heterocycles. The average molecular weight is 289 g/mol. The van der Waals surface area contributed by atoms with E-state index in [0.29, 0.717) is 29.1 Å². The summed E-state index contributed by atoms with van der Waals surface area (Å²) in [4.78, 5) is 14.9. The van der Waals surface area contributed by atoms with Crippen LogP contribution in [0.5, 0.6) is 0 Å². The first-order chi connectivity index (χ1) is 9.88. The van der Waals surface area contributed by atoms with Crippen LogP contribution in [0.1, 0.15) is 22.4 Å². The molecule has 0 unspecified atom stereocenters. The van der Waals surface area contributed by atoms with Crippen molar-refractivity contribution in [2.24, 2.45) is 0 Å². The van der Waals surface area contributed by atoms with Crippen LogP contribution in [0, 0.1) is 36.7 Å². The van der Waals surface area contributed by atoms with E-state index >= 15 is 0 Å². The summed E-state index contributed by atoms with van der Waals surface area (Å²) < 4.78 is 13.3. The molecule has 110 valence electrons. The molecule has 0 aliphatic carbocycles. The first-order valence-corrected chi connectivity index (χ1v) is 6.49. The van der Waals surface area contributed by atoms with Gasteiger partial charge in [-0.05, 0) is 44.5 Å². The van der Waals surface area contributed by atoms with Crippen LogP contribution in [-0.2, 0) is 6.54 Å². The van der Waals surface area contributed by atoms with Crippen molar-refractivity contribution < 1.29 is 9.31 Å². The number of benzene rings is 1. The number of pyridine rings is 1. The third-order valence-corrected chi connectivity index (χ3v) is 3.26. The third-order valence-electron chi connectivity index (χ3n) is 3.26. The molecular formula is C15H16FN3O2. The molecule has 0 amide bonds. The number of anilines is 1. The number of aryl methyl sites for hydroxylation is 2. The van der Waals surface area contributed by atoms with Gasteiger partial charge in [0.25, 0.3) is 5.69 Å². The molecule has 0 saturated carbocycles. The molecule has 1 N–H and O–H groups in total. The second kappa shape index (κ2) is 5.87. The predicted molar refractivity (Wildman–Crippen MR) is 78.8 cm³/mol. The summed E-state index contributed by atoms with van der Waals surface area (Å²) in [5.74, 6) is -0.322. The van der Waals surface area contributed by atoms with Gasteiger partial charge in [-0.25, -0.2) is 4.39 Å². The van der Waals surface area contributed by atoms with E-state index in [1.54, 1.807) is 26.8 Å². The van der Waals surface area contributed by atoms with Gasteiger partial charge in [0.1, 0.15) is 5.82 Å². The fourth-order valence-corrected chi connectivity index (χ4v) is 2.25. The molecule has 2 rings (SSSR count). The van der Waals surface area contributed by atoms with Crippen LogP contribution >= 0.6 is 0 Å². The van der Waals surface area contributed by atoms with Crippen LogP contribution < -0.4 is 5.32 Å². The summed E-state index contributed by atoms with van der Waals surface area (Å²) in [6, 6.07) is 4.62. The van der Waals surface area contributed by atoms with Gasteiger partial charge >= 0.3 is 0 Å². The maximum absolute atomic E-state index is 13.3. The molecule has 0 radical (unpaired) electrons. The van der Waals surface area contributed by atoms with Gasteiger partial charge in [-0.1, -0.05) is 0 Å².